The van der Waals surface area contributed by atoms with E-state index in [1.54, 1.807) is 0 Å². The molecule has 1 nitrogen and oxygen atoms in total. The van der Waals surface area contributed by atoms with Crippen molar-refractivity contribution in [3.8, 4) is 0 Å². The van der Waals surface area contributed by atoms with Gasteiger partial charge in [0, 0.05) is 0 Å². The van der Waals surface area contributed by atoms with Crippen LogP contribution in [0.3, 0.4) is 0 Å². The second-order valence-corrected chi connectivity index (χ2v) is 12.2. The Morgan fingerprint density at radius 2 is 0.724 bits per heavy atom. The van der Waals surface area contributed by atoms with Crippen molar-refractivity contribution in [2.24, 2.45) is 0 Å². The Morgan fingerprint density at radius 3 is 1.00 bits per heavy atom. The lowest BCUT2D eigenvalue weighted by Gasteiger charge is -2.26. The molecule has 0 bridgehead atoms. The Kier molecular flexibility index (Phi) is 8.73. The average Bonchev–Trinajstić information content (AvgIpc) is 2.76. The first kappa shape index (κ1) is 21.5. The van der Waals surface area contributed by atoms with E-state index in [2.05, 4.69) is 91.0 Å². The van der Waals surface area contributed by atoms with Crippen LogP contribution in [0.2, 0.25) is 18.1 Å². The van der Waals surface area contributed by atoms with Gasteiger partial charge in [-0.3, -0.25) is 0 Å². The predicted molar refractivity (Wildman–Crippen MR) is 127 cm³/mol. The highest BCUT2D eigenvalue weighted by Gasteiger charge is 2.29. The van der Waals surface area contributed by atoms with Crippen LogP contribution in [0, 0.1) is 0 Å². The van der Waals surface area contributed by atoms with Crippen LogP contribution in [0.25, 0.3) is 0 Å². The molecule has 0 aliphatic rings. The summed E-state index contributed by atoms with van der Waals surface area (Å²) in [6.07, 6.45) is 6.53. The first-order valence-corrected chi connectivity index (χ1v) is 13.6. The van der Waals surface area contributed by atoms with Crippen LogP contribution >= 0.6 is 0 Å². The predicted octanol–water partition coefficient (Wildman–Crippen LogP) is 6.82. The topological polar surface area (TPSA) is 20.2 Å². The molecular formula is C27H34OSi. The first-order valence-electron chi connectivity index (χ1n) is 11.1. The molecule has 3 aromatic rings. The van der Waals surface area contributed by atoms with E-state index in [9.17, 15) is 4.80 Å². The molecule has 0 spiro atoms. The molecule has 0 aromatic heterocycles. The van der Waals surface area contributed by atoms with E-state index in [1.807, 2.05) is 0 Å². The summed E-state index contributed by atoms with van der Waals surface area (Å²) in [6, 6.07) is 35.1. The van der Waals surface area contributed by atoms with E-state index >= 15 is 0 Å². The third kappa shape index (κ3) is 8.00. The lowest BCUT2D eigenvalue weighted by Crippen LogP contribution is -2.34. The summed E-state index contributed by atoms with van der Waals surface area (Å²) in [4.78, 5) is 11.6. The van der Waals surface area contributed by atoms with Gasteiger partial charge in [-0.05, 0) is 73.3 Å². The molecule has 0 saturated carbocycles. The van der Waals surface area contributed by atoms with Crippen molar-refractivity contribution in [2.75, 3.05) is 0 Å². The van der Waals surface area contributed by atoms with Gasteiger partial charge >= 0.3 is 0 Å². The van der Waals surface area contributed by atoms with Crippen LogP contribution in [-0.4, -0.2) is 13.1 Å². The minimum Gasteiger partial charge on any atom is -0.432 e. The van der Waals surface area contributed by atoms with Gasteiger partial charge in [0.05, 0.1) is 0 Å². The Morgan fingerprint density at radius 1 is 0.448 bits per heavy atom. The van der Waals surface area contributed by atoms with Gasteiger partial charge in [0.1, 0.15) is 0 Å². The van der Waals surface area contributed by atoms with Crippen LogP contribution in [-0.2, 0) is 19.3 Å². The zero-order chi connectivity index (χ0) is 20.2. The first-order chi connectivity index (χ1) is 14.2. The molecule has 0 radical (unpaired) electrons. The quantitative estimate of drug-likeness (QED) is 0.329. The van der Waals surface area contributed by atoms with Crippen LogP contribution in [0.15, 0.2) is 91.0 Å². The maximum absolute atomic E-state index is 11.6. The Bertz CT molecular complexity index is 691. The zero-order valence-electron chi connectivity index (χ0n) is 17.5. The highest BCUT2D eigenvalue weighted by Crippen LogP contribution is 2.26. The molecule has 29 heavy (non-hydrogen) atoms. The summed E-state index contributed by atoms with van der Waals surface area (Å²) in [5.41, 5.74) is 4.16. The van der Waals surface area contributed by atoms with Gasteiger partial charge in [-0.15, -0.1) is 0 Å². The van der Waals surface area contributed by atoms with Crippen LogP contribution in [0.1, 0.15) is 36.0 Å². The highest BCUT2D eigenvalue weighted by molar-refractivity contribution is 6.72. The summed E-state index contributed by atoms with van der Waals surface area (Å²) >= 11 is 0. The van der Waals surface area contributed by atoms with Crippen molar-refractivity contribution in [1.29, 1.82) is 0 Å². The Hall–Kier alpha value is -2.16. The van der Waals surface area contributed by atoms with Gasteiger partial charge in [0.2, 0.25) is 0 Å². The monoisotopic (exact) mass is 402 g/mol. The van der Waals surface area contributed by atoms with E-state index in [4.69, 9.17) is 0 Å². The Balaban J connectivity index is 1.51. The van der Waals surface area contributed by atoms with Gasteiger partial charge in [0.15, 0.2) is 8.32 Å². The Labute approximate surface area is 177 Å². The summed E-state index contributed by atoms with van der Waals surface area (Å²) in [5.74, 6) is 0. The molecule has 3 aromatic carbocycles. The fourth-order valence-electron chi connectivity index (χ4n) is 4.17. The van der Waals surface area contributed by atoms with Crippen molar-refractivity contribution < 1.29 is 4.80 Å². The molecule has 0 aliphatic carbocycles. The molecule has 1 N–H and O–H groups in total. The second-order valence-electron chi connectivity index (χ2n) is 8.24. The summed E-state index contributed by atoms with van der Waals surface area (Å²) in [6.45, 7) is 0. The SMILES string of the molecule is O[Si](CCCc1ccccc1)(CCCc1ccccc1)CCCc1ccccc1. The van der Waals surface area contributed by atoms with Crippen LogP contribution in [0.4, 0.5) is 0 Å². The standard InChI is InChI=1S/C27H34OSi/c28-29(22-10-19-25-13-4-1-5-14-25,23-11-20-26-15-6-2-7-16-26)24-12-21-27-17-8-3-9-18-27/h1-9,13-18,28H,10-12,19-24H2. The van der Waals surface area contributed by atoms with Crippen LogP contribution in [0.5, 0.6) is 0 Å². The molecule has 152 valence electrons. The van der Waals surface area contributed by atoms with Gasteiger partial charge in [-0.25, -0.2) is 0 Å². The third-order valence-electron chi connectivity index (χ3n) is 5.85. The third-order valence-corrected chi connectivity index (χ3v) is 9.70. The molecule has 0 saturated heterocycles. The molecular weight excluding hydrogens is 368 g/mol. The van der Waals surface area contributed by atoms with Crippen molar-refractivity contribution in [3.63, 3.8) is 0 Å². The maximum Gasteiger partial charge on any atom is 0.188 e. The molecule has 3 rings (SSSR count). The molecule has 0 amide bonds. The lowest BCUT2D eigenvalue weighted by atomic mass is 10.1. The minimum absolute atomic E-state index is 1.02. The van der Waals surface area contributed by atoms with Crippen molar-refractivity contribution in [2.45, 2.75) is 56.7 Å². The summed E-state index contributed by atoms with van der Waals surface area (Å²) in [7, 11) is -2.21. The lowest BCUT2D eigenvalue weighted by molar-refractivity contribution is 0.510. The minimum atomic E-state index is -2.21. The van der Waals surface area contributed by atoms with Crippen molar-refractivity contribution in [3.05, 3.63) is 108 Å². The molecule has 0 unspecified atom stereocenters. The largest absolute Gasteiger partial charge is 0.432 e. The van der Waals surface area contributed by atoms with E-state index < -0.39 is 8.32 Å². The normalized spacial score (nSPS) is 11.5. The molecule has 0 heterocycles. The number of aryl methyl sites for hydroxylation is 3. The summed E-state index contributed by atoms with van der Waals surface area (Å²) in [5, 5.41) is 0. The second kappa shape index (κ2) is 11.7. The van der Waals surface area contributed by atoms with E-state index in [0.29, 0.717) is 0 Å². The van der Waals surface area contributed by atoms with E-state index in [0.717, 1.165) is 56.7 Å². The summed E-state index contributed by atoms with van der Waals surface area (Å²) < 4.78 is 0. The smallest absolute Gasteiger partial charge is 0.188 e. The number of benzene rings is 3. The van der Waals surface area contributed by atoms with Crippen molar-refractivity contribution >= 4 is 8.32 Å². The number of rotatable bonds is 12. The van der Waals surface area contributed by atoms with Gasteiger partial charge in [-0.2, -0.15) is 0 Å². The molecule has 0 fully saturated rings. The fraction of sp³-hybridized carbons (Fsp3) is 0.333. The van der Waals surface area contributed by atoms with Gasteiger partial charge in [-0.1, -0.05) is 91.0 Å². The molecule has 0 atom stereocenters. The van der Waals surface area contributed by atoms with E-state index in [1.165, 1.54) is 16.7 Å². The highest BCUT2D eigenvalue weighted by atomic mass is 28.4. The fourth-order valence-corrected chi connectivity index (χ4v) is 7.43. The van der Waals surface area contributed by atoms with Gasteiger partial charge < -0.3 is 4.80 Å². The molecule has 0 aliphatic heterocycles. The van der Waals surface area contributed by atoms with E-state index in [-0.39, 0.29) is 0 Å². The number of hydrogen-bond donors (Lipinski definition) is 1. The van der Waals surface area contributed by atoms with Crippen molar-refractivity contribution in [1.82, 2.24) is 0 Å². The van der Waals surface area contributed by atoms with Gasteiger partial charge in [0.25, 0.3) is 0 Å². The zero-order valence-corrected chi connectivity index (χ0v) is 18.5. The van der Waals surface area contributed by atoms with Crippen LogP contribution < -0.4 is 0 Å². The maximum atomic E-state index is 11.6. The molecule has 2 heteroatoms. The average molecular weight is 403 g/mol. The number of hydrogen-bond acceptors (Lipinski definition) is 1.